The topological polar surface area (TPSA) is 57.9 Å². The van der Waals surface area contributed by atoms with Gasteiger partial charge in [-0.05, 0) is 12.1 Å². The molecular weight excluding hydrogens is 164 g/mol. The van der Waals surface area contributed by atoms with Crippen molar-refractivity contribution in [1.29, 1.82) is 0 Å². The zero-order valence-electron chi connectivity index (χ0n) is 7.70. The smallest absolute Gasteiger partial charge is 0.0672 e. The summed E-state index contributed by atoms with van der Waals surface area (Å²) in [4.78, 5) is 1.98. The van der Waals surface area contributed by atoms with Gasteiger partial charge in [-0.1, -0.05) is 0 Å². The van der Waals surface area contributed by atoms with Crippen LogP contribution in [0.2, 0.25) is 0 Å². The molecule has 0 aliphatic rings. The van der Waals surface area contributed by atoms with Gasteiger partial charge in [0.1, 0.15) is 0 Å². The van der Waals surface area contributed by atoms with E-state index in [1.807, 2.05) is 31.1 Å². The van der Waals surface area contributed by atoms with Gasteiger partial charge >= 0.3 is 0 Å². The highest BCUT2D eigenvalue weighted by Crippen LogP contribution is 2.26. The molecule has 68 valence electrons. The number of nitrogens with zero attached hydrogens (tertiary/aromatic N) is 2. The van der Waals surface area contributed by atoms with Gasteiger partial charge < -0.3 is 10.6 Å². The number of hydrogen-bond acceptors (Lipinski definition) is 3. The molecule has 0 saturated carbocycles. The maximum Gasteiger partial charge on any atom is 0.0672 e. The molecule has 3 N–H and O–H groups in total. The Labute approximate surface area is 76.3 Å². The molecule has 4 heteroatoms. The third-order valence-electron chi connectivity index (χ3n) is 2.07. The Morgan fingerprint density at radius 1 is 1.38 bits per heavy atom. The lowest BCUT2D eigenvalue weighted by Crippen LogP contribution is -2.10. The summed E-state index contributed by atoms with van der Waals surface area (Å²) < 4.78 is 0. The van der Waals surface area contributed by atoms with Crippen LogP contribution in [-0.2, 0) is 0 Å². The predicted octanol–water partition coefficient (Wildman–Crippen LogP) is 1.21. The van der Waals surface area contributed by atoms with Crippen LogP contribution in [0.5, 0.6) is 0 Å². The van der Waals surface area contributed by atoms with E-state index in [0.717, 1.165) is 22.3 Å². The first-order chi connectivity index (χ1) is 6.18. The summed E-state index contributed by atoms with van der Waals surface area (Å²) in [5, 5.41) is 7.90. The first-order valence-electron chi connectivity index (χ1n) is 4.08. The Morgan fingerprint density at radius 3 is 2.85 bits per heavy atom. The van der Waals surface area contributed by atoms with Gasteiger partial charge in [-0.2, -0.15) is 5.10 Å². The Morgan fingerprint density at radius 2 is 2.15 bits per heavy atom. The number of anilines is 2. The number of nitrogen functional groups attached to an aromatic ring is 1. The van der Waals surface area contributed by atoms with Gasteiger partial charge in [-0.25, -0.2) is 0 Å². The lowest BCUT2D eigenvalue weighted by molar-refractivity contribution is 1.11. The van der Waals surface area contributed by atoms with Crippen molar-refractivity contribution in [2.24, 2.45) is 0 Å². The van der Waals surface area contributed by atoms with Crippen LogP contribution in [0.15, 0.2) is 18.3 Å². The molecule has 2 rings (SSSR count). The third-order valence-corrected chi connectivity index (χ3v) is 2.07. The van der Waals surface area contributed by atoms with Crippen LogP contribution in [0.3, 0.4) is 0 Å². The fourth-order valence-electron chi connectivity index (χ4n) is 1.38. The molecule has 1 aromatic carbocycles. The van der Waals surface area contributed by atoms with Crippen LogP contribution < -0.4 is 10.6 Å². The largest absolute Gasteiger partial charge is 0.397 e. The maximum absolute atomic E-state index is 5.86. The van der Waals surface area contributed by atoms with E-state index in [2.05, 4.69) is 10.2 Å². The fraction of sp³-hybridized carbons (Fsp3) is 0.222. The highest BCUT2D eigenvalue weighted by Gasteiger charge is 2.04. The molecule has 13 heavy (non-hydrogen) atoms. The minimum atomic E-state index is 0.777. The quantitative estimate of drug-likeness (QED) is 0.642. The second-order valence-corrected chi connectivity index (χ2v) is 3.26. The van der Waals surface area contributed by atoms with Gasteiger partial charge in [0.2, 0.25) is 0 Å². The third kappa shape index (κ3) is 1.20. The predicted molar refractivity (Wildman–Crippen MR) is 54.8 cm³/mol. The van der Waals surface area contributed by atoms with Crippen LogP contribution in [0.1, 0.15) is 0 Å². The standard InChI is InChI=1S/C9H12N4/c1-13(2)9-4-8-6(3-7(9)10)5-11-12-8/h3-5H,10H2,1-2H3,(H,11,12). The normalized spacial score (nSPS) is 10.6. The summed E-state index contributed by atoms with van der Waals surface area (Å²) in [6.45, 7) is 0. The molecule has 0 bridgehead atoms. The second-order valence-electron chi connectivity index (χ2n) is 3.26. The lowest BCUT2D eigenvalue weighted by Gasteiger charge is -2.14. The van der Waals surface area contributed by atoms with Crippen LogP contribution >= 0.6 is 0 Å². The van der Waals surface area contributed by atoms with Gasteiger partial charge in [0, 0.05) is 19.5 Å². The van der Waals surface area contributed by atoms with Crippen LogP contribution in [-0.4, -0.2) is 24.3 Å². The molecule has 1 aromatic heterocycles. The van der Waals surface area contributed by atoms with Crippen molar-refractivity contribution in [1.82, 2.24) is 10.2 Å². The van der Waals surface area contributed by atoms with Gasteiger partial charge in [0.15, 0.2) is 0 Å². The molecule has 0 unspecified atom stereocenters. The van der Waals surface area contributed by atoms with E-state index >= 15 is 0 Å². The van der Waals surface area contributed by atoms with Gasteiger partial charge in [-0.3, -0.25) is 5.10 Å². The number of hydrogen-bond donors (Lipinski definition) is 2. The number of benzene rings is 1. The minimum absolute atomic E-state index is 0.777. The van der Waals surface area contributed by atoms with E-state index in [4.69, 9.17) is 5.73 Å². The van der Waals surface area contributed by atoms with E-state index < -0.39 is 0 Å². The van der Waals surface area contributed by atoms with Gasteiger partial charge in [0.05, 0.1) is 23.1 Å². The highest BCUT2D eigenvalue weighted by atomic mass is 15.1. The van der Waals surface area contributed by atoms with Crippen molar-refractivity contribution in [3.05, 3.63) is 18.3 Å². The van der Waals surface area contributed by atoms with Crippen molar-refractivity contribution in [3.8, 4) is 0 Å². The molecule has 0 aliphatic carbocycles. The first kappa shape index (κ1) is 7.91. The van der Waals surface area contributed by atoms with Gasteiger partial charge in [0.25, 0.3) is 0 Å². The van der Waals surface area contributed by atoms with Crippen molar-refractivity contribution in [2.45, 2.75) is 0 Å². The Hall–Kier alpha value is -1.71. The minimum Gasteiger partial charge on any atom is -0.397 e. The number of H-pyrrole nitrogens is 1. The van der Waals surface area contributed by atoms with Crippen LogP contribution in [0.25, 0.3) is 10.9 Å². The maximum atomic E-state index is 5.86. The van der Waals surface area contributed by atoms with Crippen molar-refractivity contribution < 1.29 is 0 Å². The van der Waals surface area contributed by atoms with E-state index in [9.17, 15) is 0 Å². The second kappa shape index (κ2) is 2.65. The molecule has 0 atom stereocenters. The molecule has 0 radical (unpaired) electrons. The first-order valence-corrected chi connectivity index (χ1v) is 4.08. The molecule has 0 fully saturated rings. The zero-order chi connectivity index (χ0) is 9.42. The number of aromatic nitrogens is 2. The average molecular weight is 176 g/mol. The molecule has 4 nitrogen and oxygen atoms in total. The highest BCUT2D eigenvalue weighted by molar-refractivity contribution is 5.88. The van der Waals surface area contributed by atoms with E-state index in [1.165, 1.54) is 0 Å². The van der Waals surface area contributed by atoms with E-state index in [1.54, 1.807) is 6.20 Å². The zero-order valence-corrected chi connectivity index (χ0v) is 7.70. The number of fused-ring (bicyclic) bond motifs is 1. The number of nitrogens with two attached hydrogens (primary N) is 1. The molecule has 2 aromatic rings. The number of aromatic amines is 1. The van der Waals surface area contributed by atoms with E-state index in [-0.39, 0.29) is 0 Å². The molecule has 0 saturated heterocycles. The Balaban J connectivity index is 2.69. The Kier molecular flexibility index (Phi) is 1.62. The molecule has 0 spiro atoms. The van der Waals surface area contributed by atoms with Gasteiger partial charge in [-0.15, -0.1) is 0 Å². The fourth-order valence-corrected chi connectivity index (χ4v) is 1.38. The SMILES string of the molecule is CN(C)c1cc2[nH]ncc2cc1N. The van der Waals surface area contributed by atoms with E-state index in [0.29, 0.717) is 0 Å². The summed E-state index contributed by atoms with van der Waals surface area (Å²) in [7, 11) is 3.93. The Bertz CT molecular complexity index is 430. The summed E-state index contributed by atoms with van der Waals surface area (Å²) in [6.07, 6.45) is 1.77. The molecule has 1 heterocycles. The summed E-state index contributed by atoms with van der Waals surface area (Å²) >= 11 is 0. The average Bonchev–Trinajstić information content (AvgIpc) is 2.48. The number of nitrogens with one attached hydrogen (secondary N) is 1. The summed E-state index contributed by atoms with van der Waals surface area (Å²) in [5.41, 5.74) is 8.66. The molecule has 0 aliphatic heterocycles. The van der Waals surface area contributed by atoms with Crippen molar-refractivity contribution >= 4 is 22.3 Å². The number of rotatable bonds is 1. The molecule has 0 amide bonds. The summed E-state index contributed by atoms with van der Waals surface area (Å²) in [5.74, 6) is 0. The van der Waals surface area contributed by atoms with Crippen LogP contribution in [0.4, 0.5) is 11.4 Å². The monoisotopic (exact) mass is 176 g/mol. The van der Waals surface area contributed by atoms with Crippen molar-refractivity contribution in [2.75, 3.05) is 24.7 Å². The van der Waals surface area contributed by atoms with Crippen molar-refractivity contribution in [3.63, 3.8) is 0 Å². The lowest BCUT2D eigenvalue weighted by atomic mass is 10.2. The summed E-state index contributed by atoms with van der Waals surface area (Å²) in [6, 6.07) is 3.92. The van der Waals surface area contributed by atoms with Crippen LogP contribution in [0, 0.1) is 0 Å². The molecular formula is C9H12N4.